The van der Waals surface area contributed by atoms with Crippen molar-refractivity contribution in [1.29, 1.82) is 0 Å². The maximum Gasteiger partial charge on any atom is 0.461 e. The third-order valence-electron chi connectivity index (χ3n) is 8.90. The fraction of sp³-hybridized carbons (Fsp3) is 0.469. The Labute approximate surface area is 270 Å². The van der Waals surface area contributed by atoms with Crippen molar-refractivity contribution in [3.8, 4) is 5.75 Å². The molecule has 2 aromatic carbocycles. The summed E-state index contributed by atoms with van der Waals surface area (Å²) in [5, 5.41) is 14.0. The molecule has 0 bridgehead atoms. The van der Waals surface area contributed by atoms with Crippen LogP contribution in [0.5, 0.6) is 5.75 Å². The van der Waals surface area contributed by atoms with Crippen molar-refractivity contribution in [3.63, 3.8) is 0 Å². The molecule has 3 aliphatic rings. The maximum atomic E-state index is 13.3. The van der Waals surface area contributed by atoms with Crippen LogP contribution in [-0.2, 0) is 14.8 Å². The lowest BCUT2D eigenvalue weighted by Crippen LogP contribution is -2.50. The van der Waals surface area contributed by atoms with Crippen molar-refractivity contribution in [3.05, 3.63) is 69.6 Å². The molecule has 2 aromatic rings. The van der Waals surface area contributed by atoms with E-state index in [2.05, 4.69) is 15.0 Å². The van der Waals surface area contributed by atoms with Gasteiger partial charge in [-0.2, -0.15) is 21.9 Å². The maximum absolute atomic E-state index is 13.3. The zero-order chi connectivity index (χ0) is 34.4. The van der Waals surface area contributed by atoms with Gasteiger partial charge in [0.2, 0.25) is 10.0 Å². The predicted molar refractivity (Wildman–Crippen MR) is 166 cm³/mol. The van der Waals surface area contributed by atoms with Crippen molar-refractivity contribution < 1.29 is 45.4 Å². The van der Waals surface area contributed by atoms with Crippen molar-refractivity contribution in [2.45, 2.75) is 70.1 Å². The summed E-state index contributed by atoms with van der Waals surface area (Å²) in [5.41, 5.74) is 0.956. The Morgan fingerprint density at radius 3 is 2.17 bits per heavy atom. The summed E-state index contributed by atoms with van der Waals surface area (Å²) in [6, 6.07) is 8.17. The predicted octanol–water partition coefficient (Wildman–Crippen LogP) is 4.24. The fourth-order valence-corrected chi connectivity index (χ4v) is 7.13. The van der Waals surface area contributed by atoms with Crippen LogP contribution in [0.3, 0.4) is 0 Å². The van der Waals surface area contributed by atoms with E-state index in [1.807, 2.05) is 0 Å². The molecule has 3 aliphatic heterocycles. The van der Waals surface area contributed by atoms with Gasteiger partial charge in [-0.25, -0.2) is 8.42 Å². The van der Waals surface area contributed by atoms with Gasteiger partial charge in [-0.1, -0.05) is 0 Å². The first kappa shape index (κ1) is 34.5. The van der Waals surface area contributed by atoms with Crippen LogP contribution < -0.4 is 10.1 Å². The van der Waals surface area contributed by atoms with Gasteiger partial charge >= 0.3 is 12.5 Å². The first-order valence-electron chi connectivity index (χ1n) is 15.1. The number of hydrogen-bond acceptors (Lipinski definition) is 7. The molecule has 2 saturated heterocycles. The number of sulfonamides is 1. The highest BCUT2D eigenvalue weighted by Crippen LogP contribution is 2.34. The number of piperidine rings is 2. The molecule has 3 heterocycles. The number of rotatable bonds is 8. The molecule has 0 unspecified atom stereocenters. The number of carbonyl (C=O) groups is 2. The van der Waals surface area contributed by atoms with E-state index in [1.165, 1.54) is 22.5 Å². The first-order chi connectivity index (χ1) is 21.9. The van der Waals surface area contributed by atoms with Crippen LogP contribution in [0.15, 0.2) is 46.8 Å². The Morgan fingerprint density at radius 1 is 1.04 bits per heavy atom. The Morgan fingerprint density at radius 2 is 1.62 bits per heavy atom. The number of likely N-dealkylation sites (tertiary alicyclic amines) is 1. The van der Waals surface area contributed by atoms with Crippen LogP contribution in [-0.4, -0.2) is 90.2 Å². The van der Waals surface area contributed by atoms with E-state index in [0.29, 0.717) is 42.6 Å². The molecule has 254 valence electrons. The van der Waals surface area contributed by atoms with Crippen LogP contribution in [0.25, 0.3) is 6.08 Å². The highest BCUT2D eigenvalue weighted by Gasteiger charge is 2.47. The number of halogens is 4. The second-order valence-corrected chi connectivity index (χ2v) is 14.3. The molecule has 0 saturated carbocycles. The van der Waals surface area contributed by atoms with Crippen molar-refractivity contribution >= 4 is 33.7 Å². The van der Waals surface area contributed by atoms with Crippen LogP contribution >= 0.6 is 0 Å². The van der Waals surface area contributed by atoms with Gasteiger partial charge < -0.3 is 20.1 Å². The average molecular weight is 681 g/mol. The lowest BCUT2D eigenvalue weighted by molar-refractivity contribution is -0.253. The van der Waals surface area contributed by atoms with Gasteiger partial charge in [-0.3, -0.25) is 14.6 Å². The van der Waals surface area contributed by atoms with Gasteiger partial charge in [0.15, 0.2) is 0 Å². The van der Waals surface area contributed by atoms with E-state index in [4.69, 9.17) is 0 Å². The Balaban J connectivity index is 1.23. The topological polar surface area (TPSA) is 129 Å². The number of aliphatic imine (C=N–C) groups is 1. The molecule has 2 N–H and O–H groups in total. The number of ether oxygens (including phenoxy) is 1. The Bertz CT molecular complexity index is 1690. The number of amides is 2. The average Bonchev–Trinajstić information content (AvgIpc) is 3.31. The summed E-state index contributed by atoms with van der Waals surface area (Å²) in [7, 11) is -3.88. The summed E-state index contributed by atoms with van der Waals surface area (Å²) >= 11 is 0. The van der Waals surface area contributed by atoms with Gasteiger partial charge in [0.1, 0.15) is 17.1 Å². The van der Waals surface area contributed by atoms with E-state index in [1.54, 1.807) is 37.8 Å². The Hall–Kier alpha value is -3.82. The SMILES string of the molecule is Cc1cc(C(=O)N2CCC(C)(O)CC2)cc(C)c1C=CS(=O)(=O)N1CCC2(CC1)N=C(c1ccc(OC(F)(F)C(F)F)cc1)NC2=O. The number of nitrogens with one attached hydrogen (secondary N) is 1. The van der Waals surface area contributed by atoms with Gasteiger partial charge in [0, 0.05) is 42.7 Å². The summed E-state index contributed by atoms with van der Waals surface area (Å²) in [4.78, 5) is 32.3. The number of aryl methyl sites for hydroxylation is 2. The quantitative estimate of drug-likeness (QED) is 0.402. The number of alkyl halides is 4. The Kier molecular flexibility index (Phi) is 9.29. The fourth-order valence-electron chi connectivity index (χ4n) is 5.96. The molecule has 10 nitrogen and oxygen atoms in total. The van der Waals surface area contributed by atoms with Crippen LogP contribution in [0.2, 0.25) is 0 Å². The zero-order valence-corrected chi connectivity index (χ0v) is 26.9. The molecule has 15 heteroatoms. The monoisotopic (exact) mass is 680 g/mol. The number of benzene rings is 2. The van der Waals surface area contributed by atoms with Crippen LogP contribution in [0.4, 0.5) is 17.6 Å². The van der Waals surface area contributed by atoms with Gasteiger partial charge in [0.05, 0.1) is 5.60 Å². The second-order valence-electron chi connectivity index (χ2n) is 12.5. The molecule has 2 fully saturated rings. The van der Waals surface area contributed by atoms with Crippen molar-refractivity contribution in [1.82, 2.24) is 14.5 Å². The van der Waals surface area contributed by atoms with E-state index in [-0.39, 0.29) is 37.7 Å². The van der Waals surface area contributed by atoms with Crippen molar-refractivity contribution in [2.75, 3.05) is 26.2 Å². The normalized spacial score (nSPS) is 20.1. The molecule has 0 radical (unpaired) electrons. The molecule has 0 aliphatic carbocycles. The summed E-state index contributed by atoms with van der Waals surface area (Å²) in [6.45, 7) is 6.29. The molecule has 0 atom stereocenters. The molecule has 0 aromatic heterocycles. The largest absolute Gasteiger partial charge is 0.461 e. The van der Waals surface area contributed by atoms with Crippen LogP contribution in [0.1, 0.15) is 65.2 Å². The lowest BCUT2D eigenvalue weighted by atomic mass is 9.89. The summed E-state index contributed by atoms with van der Waals surface area (Å²) in [5.74, 6) is -0.910. The molecule has 5 rings (SSSR count). The van der Waals surface area contributed by atoms with E-state index < -0.39 is 45.4 Å². The molecule has 1 spiro atoms. The highest BCUT2D eigenvalue weighted by atomic mass is 32.2. The number of aliphatic hydroxyl groups is 1. The highest BCUT2D eigenvalue weighted by molar-refractivity contribution is 7.92. The van der Waals surface area contributed by atoms with E-state index in [0.717, 1.165) is 28.7 Å². The standard InChI is InChI=1S/C32H36F4N4O6S/c1-20-18-23(27(41)39-13-9-30(3,43)10-14-39)19-21(2)25(20)8-17-47(44,45)40-15-11-31(12-16-40)29(42)37-26(38-31)22-4-6-24(7-5-22)46-32(35,36)28(33)34/h4-8,17-19,28,43H,9-16H2,1-3H3,(H,37,38,42). The van der Waals surface area contributed by atoms with E-state index >= 15 is 0 Å². The van der Waals surface area contributed by atoms with Crippen LogP contribution in [0, 0.1) is 13.8 Å². The van der Waals surface area contributed by atoms with Gasteiger partial charge in [-0.05, 0) is 106 Å². The first-order valence-corrected chi connectivity index (χ1v) is 16.6. The molecular weight excluding hydrogens is 644 g/mol. The van der Waals surface area contributed by atoms with Gasteiger partial charge in [-0.15, -0.1) is 0 Å². The number of carbonyl (C=O) groups excluding carboxylic acids is 2. The third kappa shape index (κ3) is 7.36. The molecular formula is C32H36F4N4O6S. The minimum atomic E-state index is -4.66. The van der Waals surface area contributed by atoms with Crippen molar-refractivity contribution in [2.24, 2.45) is 4.99 Å². The number of hydrogen-bond donors (Lipinski definition) is 2. The molecule has 47 heavy (non-hydrogen) atoms. The number of nitrogens with zero attached hydrogens (tertiary/aromatic N) is 3. The second kappa shape index (κ2) is 12.7. The summed E-state index contributed by atoms with van der Waals surface area (Å²) < 4.78 is 83.1. The smallest absolute Gasteiger partial charge is 0.428 e. The van der Waals surface area contributed by atoms with Gasteiger partial charge in [0.25, 0.3) is 11.8 Å². The molecule has 2 amide bonds. The third-order valence-corrected chi connectivity index (χ3v) is 10.5. The zero-order valence-electron chi connectivity index (χ0n) is 26.1. The number of amidine groups is 1. The minimum Gasteiger partial charge on any atom is -0.428 e. The minimum absolute atomic E-state index is 0.0144. The lowest BCUT2D eigenvalue weighted by Gasteiger charge is -2.36. The van der Waals surface area contributed by atoms with E-state index in [9.17, 15) is 40.7 Å². The summed E-state index contributed by atoms with van der Waals surface area (Å²) in [6.07, 6.45) is -5.99.